The van der Waals surface area contributed by atoms with E-state index in [1.54, 1.807) is 11.1 Å². The highest BCUT2D eigenvalue weighted by molar-refractivity contribution is 5.71. The molecule has 0 aromatic heterocycles. The van der Waals surface area contributed by atoms with E-state index in [1.807, 2.05) is 0 Å². The van der Waals surface area contributed by atoms with Crippen molar-refractivity contribution in [3.63, 3.8) is 0 Å². The molecule has 2 aliphatic carbocycles. The molecule has 0 bridgehead atoms. The molecule has 2 aromatic rings. The van der Waals surface area contributed by atoms with E-state index in [4.69, 9.17) is 0 Å². The van der Waals surface area contributed by atoms with E-state index >= 15 is 0 Å². The predicted molar refractivity (Wildman–Crippen MR) is 141 cm³/mol. The molecule has 0 saturated heterocycles. The summed E-state index contributed by atoms with van der Waals surface area (Å²) in [6.07, 6.45) is 20.4. The van der Waals surface area contributed by atoms with Gasteiger partial charge >= 0.3 is 0 Å². The summed E-state index contributed by atoms with van der Waals surface area (Å²) < 4.78 is 0. The van der Waals surface area contributed by atoms with Crippen molar-refractivity contribution in [2.24, 2.45) is 11.8 Å². The van der Waals surface area contributed by atoms with Gasteiger partial charge in [-0.1, -0.05) is 107 Å². The number of hydrogen-bond donors (Lipinski definition) is 0. The number of hydrogen-bond acceptors (Lipinski definition) is 0. The van der Waals surface area contributed by atoms with Gasteiger partial charge in [-0.05, 0) is 90.5 Å². The Hall–Kier alpha value is -1.82. The zero-order valence-corrected chi connectivity index (χ0v) is 20.6. The van der Waals surface area contributed by atoms with Gasteiger partial charge in [-0.15, -0.1) is 0 Å². The molecule has 0 N–H and O–H groups in total. The molecule has 1 saturated carbocycles. The minimum Gasteiger partial charge on any atom is -0.0804 e. The van der Waals surface area contributed by atoms with E-state index in [1.165, 1.54) is 100 Å². The smallest absolute Gasteiger partial charge is 0.0162 e. The third kappa shape index (κ3) is 6.15. The Morgan fingerprint density at radius 1 is 0.625 bits per heavy atom. The van der Waals surface area contributed by atoms with Crippen molar-refractivity contribution >= 4 is 5.57 Å². The van der Waals surface area contributed by atoms with Gasteiger partial charge in [-0.2, -0.15) is 0 Å². The van der Waals surface area contributed by atoms with Crippen molar-refractivity contribution in [2.45, 2.75) is 103 Å². The molecule has 4 rings (SSSR count). The first-order valence-corrected chi connectivity index (χ1v) is 13.7. The Kier molecular flexibility index (Phi) is 8.66. The van der Waals surface area contributed by atoms with Gasteiger partial charge in [0.2, 0.25) is 0 Å². The molecule has 1 fully saturated rings. The van der Waals surface area contributed by atoms with E-state index in [0.29, 0.717) is 0 Å². The summed E-state index contributed by atoms with van der Waals surface area (Å²) in [5.41, 5.74) is 7.26. The van der Waals surface area contributed by atoms with Crippen LogP contribution < -0.4 is 0 Å². The molecule has 1 atom stereocenters. The van der Waals surface area contributed by atoms with E-state index in [-0.39, 0.29) is 0 Å². The fourth-order valence-electron chi connectivity index (χ4n) is 6.01. The second kappa shape index (κ2) is 11.9. The van der Waals surface area contributed by atoms with Crippen LogP contribution in [0.2, 0.25) is 0 Å². The molecule has 32 heavy (non-hydrogen) atoms. The van der Waals surface area contributed by atoms with Gasteiger partial charge in [-0.3, -0.25) is 0 Å². The molecule has 0 aliphatic heterocycles. The maximum absolute atomic E-state index is 2.52. The molecule has 0 heterocycles. The van der Waals surface area contributed by atoms with Crippen molar-refractivity contribution in [3.05, 3.63) is 65.7 Å². The van der Waals surface area contributed by atoms with Crippen LogP contribution in [0.25, 0.3) is 16.7 Å². The zero-order chi connectivity index (χ0) is 22.2. The second-order valence-electron chi connectivity index (χ2n) is 10.6. The summed E-state index contributed by atoms with van der Waals surface area (Å²) in [5, 5.41) is 0. The predicted octanol–water partition coefficient (Wildman–Crippen LogP) is 10.2. The third-order valence-electron chi connectivity index (χ3n) is 8.27. The van der Waals surface area contributed by atoms with Crippen molar-refractivity contribution in [3.8, 4) is 11.1 Å². The van der Waals surface area contributed by atoms with Gasteiger partial charge in [0.15, 0.2) is 0 Å². The lowest BCUT2D eigenvalue weighted by Gasteiger charge is -2.29. The van der Waals surface area contributed by atoms with Gasteiger partial charge < -0.3 is 0 Å². The van der Waals surface area contributed by atoms with Crippen LogP contribution in [0.4, 0.5) is 0 Å². The van der Waals surface area contributed by atoms with Gasteiger partial charge in [0, 0.05) is 0 Å². The minimum absolute atomic E-state index is 0.781. The summed E-state index contributed by atoms with van der Waals surface area (Å²) in [5.74, 6) is 2.69. The molecule has 0 spiro atoms. The van der Waals surface area contributed by atoms with Crippen molar-refractivity contribution in [1.82, 2.24) is 0 Å². The molecular formula is C32H44. The molecule has 0 nitrogen and oxygen atoms in total. The minimum atomic E-state index is 0.781. The first kappa shape index (κ1) is 23.3. The van der Waals surface area contributed by atoms with Gasteiger partial charge in [0.1, 0.15) is 0 Å². The van der Waals surface area contributed by atoms with Crippen molar-refractivity contribution in [1.29, 1.82) is 0 Å². The lowest BCUT2D eigenvalue weighted by molar-refractivity contribution is 0.304. The first-order valence-electron chi connectivity index (χ1n) is 13.7. The molecule has 0 heteroatoms. The van der Waals surface area contributed by atoms with E-state index in [0.717, 1.165) is 17.8 Å². The molecule has 1 unspecified atom stereocenters. The van der Waals surface area contributed by atoms with Crippen molar-refractivity contribution < 1.29 is 0 Å². The van der Waals surface area contributed by atoms with Crippen LogP contribution >= 0.6 is 0 Å². The Labute approximate surface area is 197 Å². The number of benzene rings is 2. The highest BCUT2D eigenvalue weighted by Crippen LogP contribution is 2.38. The first-order chi connectivity index (χ1) is 15.8. The third-order valence-corrected chi connectivity index (χ3v) is 8.27. The maximum Gasteiger partial charge on any atom is -0.0162 e. The van der Waals surface area contributed by atoms with Crippen LogP contribution in [0.1, 0.15) is 114 Å². The van der Waals surface area contributed by atoms with Crippen molar-refractivity contribution in [2.75, 3.05) is 0 Å². The maximum atomic E-state index is 2.52. The van der Waals surface area contributed by atoms with E-state index < -0.39 is 0 Å². The summed E-state index contributed by atoms with van der Waals surface area (Å²) in [7, 11) is 0. The summed E-state index contributed by atoms with van der Waals surface area (Å²) in [6, 6.07) is 18.9. The second-order valence-corrected chi connectivity index (χ2v) is 10.6. The van der Waals surface area contributed by atoms with Crippen LogP contribution in [-0.4, -0.2) is 0 Å². The van der Waals surface area contributed by atoms with Crippen LogP contribution in [0.5, 0.6) is 0 Å². The van der Waals surface area contributed by atoms with Gasteiger partial charge in [-0.25, -0.2) is 0 Å². The molecule has 0 amide bonds. The fraction of sp³-hybridized carbons (Fsp3) is 0.562. The number of unbranched alkanes of at least 4 members (excludes halogenated alkanes) is 2. The molecular weight excluding hydrogens is 384 g/mol. The average Bonchev–Trinajstić information content (AvgIpc) is 2.87. The monoisotopic (exact) mass is 428 g/mol. The molecule has 2 aliphatic rings. The lowest BCUT2D eigenvalue weighted by atomic mass is 9.77. The van der Waals surface area contributed by atoms with Crippen LogP contribution in [0.3, 0.4) is 0 Å². The van der Waals surface area contributed by atoms with Gasteiger partial charge in [0.05, 0.1) is 0 Å². The van der Waals surface area contributed by atoms with Crippen LogP contribution in [0.15, 0.2) is 54.6 Å². The highest BCUT2D eigenvalue weighted by atomic mass is 14.3. The molecule has 172 valence electrons. The van der Waals surface area contributed by atoms with E-state index in [9.17, 15) is 0 Å². The SMILES string of the molecule is CCCCC1CC=C(c2ccc(-c3ccc([C@H]4CC[C@H](CCCC)CC4)cc3)cc2)CC1. The van der Waals surface area contributed by atoms with Crippen LogP contribution in [-0.2, 0) is 0 Å². The normalized spacial score (nSPS) is 23.7. The standard InChI is InChI=1S/C32H44/c1-3-5-7-25-9-13-27(14-10-25)29-17-21-31(22-18-29)32-23-19-30(20-24-32)28-15-11-26(12-16-28)8-6-4-2/h13,17-26,28H,3-12,14-16H2,1-2H3/t25?,26-,28-. The average molecular weight is 429 g/mol. The van der Waals surface area contributed by atoms with Gasteiger partial charge in [0.25, 0.3) is 0 Å². The van der Waals surface area contributed by atoms with Crippen LogP contribution in [0, 0.1) is 11.8 Å². The summed E-state index contributed by atoms with van der Waals surface area (Å²) in [4.78, 5) is 0. The lowest BCUT2D eigenvalue weighted by Crippen LogP contribution is -2.13. The Morgan fingerprint density at radius 3 is 1.75 bits per heavy atom. The number of allylic oxidation sites excluding steroid dienone is 2. The summed E-state index contributed by atoms with van der Waals surface area (Å²) in [6.45, 7) is 4.62. The fourth-order valence-corrected chi connectivity index (χ4v) is 6.01. The Bertz CT molecular complexity index is 831. The Morgan fingerprint density at radius 2 is 1.19 bits per heavy atom. The molecule has 0 radical (unpaired) electrons. The largest absolute Gasteiger partial charge is 0.0804 e. The highest BCUT2D eigenvalue weighted by Gasteiger charge is 2.22. The number of rotatable bonds is 9. The van der Waals surface area contributed by atoms with E-state index in [2.05, 4.69) is 68.5 Å². The summed E-state index contributed by atoms with van der Waals surface area (Å²) >= 11 is 0. The quantitative estimate of drug-likeness (QED) is 0.372. The Balaban J connectivity index is 1.32. The molecule has 2 aromatic carbocycles. The zero-order valence-electron chi connectivity index (χ0n) is 20.6. The topological polar surface area (TPSA) is 0 Å².